The summed E-state index contributed by atoms with van der Waals surface area (Å²) in [5, 5.41) is 4.57. The van der Waals surface area contributed by atoms with Crippen LogP contribution in [0.25, 0.3) is 134 Å². The Bertz CT molecular complexity index is 4370. The highest BCUT2D eigenvalue weighted by molar-refractivity contribution is 6.26. The van der Waals surface area contributed by atoms with Crippen LogP contribution in [0.3, 0.4) is 0 Å². The number of benzene rings is 11. The molecular weight excluding hydrogens is 899 g/mol. The number of fused-ring (bicyclic) bond motifs is 7. The second-order valence-corrected chi connectivity index (χ2v) is 18.8. The Kier molecular flexibility index (Phi) is 10.4. The molecule has 3 aromatic heterocycles. The number of hydrogen-bond acceptors (Lipinski definition) is 3. The van der Waals surface area contributed by atoms with E-state index >= 15 is 0 Å². The van der Waals surface area contributed by atoms with Crippen molar-refractivity contribution in [2.24, 2.45) is 0 Å². The molecule has 0 amide bonds. The maximum absolute atomic E-state index is 5.42. The van der Waals surface area contributed by atoms with Gasteiger partial charge in [0.15, 0.2) is 11.6 Å². The number of aromatic nitrogens is 5. The van der Waals surface area contributed by atoms with Crippen LogP contribution in [0, 0.1) is 0 Å². The van der Waals surface area contributed by atoms with Crippen molar-refractivity contribution in [1.82, 2.24) is 24.1 Å². The Labute approximate surface area is 428 Å². The summed E-state index contributed by atoms with van der Waals surface area (Å²) in [4.78, 5) is 16.0. The van der Waals surface area contributed by atoms with Gasteiger partial charge in [-0.2, -0.15) is 9.97 Å². The van der Waals surface area contributed by atoms with Gasteiger partial charge in [-0.25, -0.2) is 4.98 Å². The Morgan fingerprint density at radius 1 is 0.230 bits per heavy atom. The topological polar surface area (TPSA) is 48.5 Å². The molecule has 14 rings (SSSR count). The van der Waals surface area contributed by atoms with Crippen LogP contribution >= 0.6 is 0 Å². The minimum absolute atomic E-state index is 0.545. The third-order valence-corrected chi connectivity index (χ3v) is 14.4. The van der Waals surface area contributed by atoms with Crippen LogP contribution in [0.15, 0.2) is 273 Å². The van der Waals surface area contributed by atoms with E-state index in [4.69, 9.17) is 15.0 Å². The lowest BCUT2D eigenvalue weighted by Crippen LogP contribution is -2.06. The van der Waals surface area contributed by atoms with E-state index in [1.54, 1.807) is 0 Å². The molecule has 0 aliphatic heterocycles. The first-order chi connectivity index (χ1) is 36.7. The highest BCUT2D eigenvalue weighted by Crippen LogP contribution is 2.44. The van der Waals surface area contributed by atoms with Crippen LogP contribution in [-0.4, -0.2) is 24.1 Å². The molecule has 5 heteroatoms. The maximum atomic E-state index is 5.42. The van der Waals surface area contributed by atoms with E-state index in [1.165, 1.54) is 33.2 Å². The van der Waals surface area contributed by atoms with E-state index in [1.807, 2.05) is 18.2 Å². The first kappa shape index (κ1) is 42.9. The molecule has 0 unspecified atom stereocenters. The van der Waals surface area contributed by atoms with Crippen LogP contribution in [0.5, 0.6) is 0 Å². The van der Waals surface area contributed by atoms with Gasteiger partial charge in [-0.15, -0.1) is 0 Å². The second-order valence-electron chi connectivity index (χ2n) is 18.8. The lowest BCUT2D eigenvalue weighted by atomic mass is 9.98. The average Bonchev–Trinajstić information content (AvgIpc) is 4.02. The Balaban J connectivity index is 1.00. The predicted molar refractivity (Wildman–Crippen MR) is 307 cm³/mol. The Morgan fingerprint density at radius 2 is 0.595 bits per heavy atom. The molecule has 11 aromatic carbocycles. The van der Waals surface area contributed by atoms with Gasteiger partial charge in [-0.3, -0.25) is 4.57 Å². The zero-order valence-corrected chi connectivity index (χ0v) is 40.2. The number of hydrogen-bond donors (Lipinski definition) is 0. The van der Waals surface area contributed by atoms with Crippen LogP contribution in [-0.2, 0) is 0 Å². The Hall–Kier alpha value is -9.97. The van der Waals surface area contributed by atoms with Gasteiger partial charge in [0, 0.05) is 38.4 Å². The molecule has 0 aliphatic carbocycles. The fourth-order valence-corrected chi connectivity index (χ4v) is 10.8. The molecule has 0 spiro atoms. The van der Waals surface area contributed by atoms with Gasteiger partial charge in [0.2, 0.25) is 5.95 Å². The van der Waals surface area contributed by atoms with Gasteiger partial charge >= 0.3 is 0 Å². The smallest absolute Gasteiger partial charge is 0.238 e. The highest BCUT2D eigenvalue weighted by atomic mass is 15.2. The monoisotopic (exact) mass is 943 g/mol. The summed E-state index contributed by atoms with van der Waals surface area (Å²) in [7, 11) is 0. The van der Waals surface area contributed by atoms with Crippen molar-refractivity contribution in [3.8, 4) is 90.0 Å². The number of para-hydroxylation sites is 1. The molecule has 0 N–H and O–H groups in total. The summed E-state index contributed by atoms with van der Waals surface area (Å²) in [6, 6.07) is 97.2. The molecule has 346 valence electrons. The van der Waals surface area contributed by atoms with Crippen molar-refractivity contribution in [3.05, 3.63) is 273 Å². The molecule has 0 atom stereocenters. The summed E-state index contributed by atoms with van der Waals surface area (Å²) in [6.45, 7) is 0. The van der Waals surface area contributed by atoms with E-state index in [0.717, 1.165) is 82.9 Å². The number of nitrogens with zero attached hydrogens (tertiary/aromatic N) is 5. The van der Waals surface area contributed by atoms with E-state index < -0.39 is 0 Å². The molecule has 3 heterocycles. The lowest BCUT2D eigenvalue weighted by Gasteiger charge is -2.12. The molecule has 0 bridgehead atoms. The lowest BCUT2D eigenvalue weighted by molar-refractivity contribution is 0.953. The number of rotatable bonds is 9. The maximum Gasteiger partial charge on any atom is 0.238 e. The molecule has 5 nitrogen and oxygen atoms in total. The molecule has 0 fully saturated rings. The third-order valence-electron chi connectivity index (χ3n) is 14.4. The van der Waals surface area contributed by atoms with E-state index in [0.29, 0.717) is 17.6 Å². The van der Waals surface area contributed by atoms with Crippen LogP contribution in [0.4, 0.5) is 0 Å². The molecule has 0 aliphatic rings. The van der Waals surface area contributed by atoms with Crippen molar-refractivity contribution in [2.75, 3.05) is 0 Å². The van der Waals surface area contributed by atoms with Gasteiger partial charge in [-0.1, -0.05) is 218 Å². The van der Waals surface area contributed by atoms with Gasteiger partial charge < -0.3 is 4.57 Å². The predicted octanol–water partition coefficient (Wildman–Crippen LogP) is 17.7. The molecule has 14 aromatic rings. The van der Waals surface area contributed by atoms with E-state index in [9.17, 15) is 0 Å². The van der Waals surface area contributed by atoms with Gasteiger partial charge in [0.1, 0.15) is 0 Å². The van der Waals surface area contributed by atoms with Crippen molar-refractivity contribution in [3.63, 3.8) is 0 Å². The van der Waals surface area contributed by atoms with E-state index in [-0.39, 0.29) is 0 Å². The average molecular weight is 944 g/mol. The Morgan fingerprint density at radius 3 is 1.14 bits per heavy atom. The van der Waals surface area contributed by atoms with Crippen LogP contribution < -0.4 is 0 Å². The summed E-state index contributed by atoms with van der Waals surface area (Å²) < 4.78 is 4.69. The standard InChI is InChI=1S/C69H45N5/c1-6-18-46(19-7-1)52-26-16-28-54(42-52)49-32-34-51(35-33-49)68-70-67(50-24-12-4-13-25-50)71-69(72-68)74-63-40-36-56(48-22-10-3-11-23-48)45-61(63)65-64(74)41-38-59-60-44-57(55-29-17-27-53(43-55)47-20-8-2-9-21-47)37-39-62(60)73(66(59)65)58-30-14-5-15-31-58/h1-45H. The minimum atomic E-state index is 0.545. The molecule has 0 saturated carbocycles. The van der Waals surface area contributed by atoms with Crippen molar-refractivity contribution in [1.29, 1.82) is 0 Å². The normalized spacial score (nSPS) is 11.5. The van der Waals surface area contributed by atoms with Crippen LogP contribution in [0.2, 0.25) is 0 Å². The third kappa shape index (κ3) is 7.54. The van der Waals surface area contributed by atoms with Crippen molar-refractivity contribution < 1.29 is 0 Å². The first-order valence-electron chi connectivity index (χ1n) is 25.1. The SMILES string of the molecule is c1ccc(-c2cccc(-c3ccc(-c4nc(-c5ccccc5)nc(-n5c6ccc(-c7ccccc7)cc6c6c5ccc5c7cc(-c8cccc(-c9ccccc9)c8)ccc7n(-c7ccccc7)c56)n4)cc3)c2)cc1. The molecule has 0 saturated heterocycles. The van der Waals surface area contributed by atoms with E-state index in [2.05, 4.69) is 264 Å². The molecule has 74 heavy (non-hydrogen) atoms. The van der Waals surface area contributed by atoms with Gasteiger partial charge in [0.05, 0.1) is 22.1 Å². The highest BCUT2D eigenvalue weighted by Gasteiger charge is 2.24. The second kappa shape index (κ2) is 18.0. The summed E-state index contributed by atoms with van der Waals surface area (Å²) in [6.07, 6.45) is 0. The molecular formula is C69H45N5. The van der Waals surface area contributed by atoms with Crippen molar-refractivity contribution in [2.45, 2.75) is 0 Å². The largest absolute Gasteiger partial charge is 0.309 e. The van der Waals surface area contributed by atoms with Gasteiger partial charge in [0.25, 0.3) is 0 Å². The quantitative estimate of drug-likeness (QED) is 0.145. The zero-order valence-electron chi connectivity index (χ0n) is 40.2. The summed E-state index contributed by atoms with van der Waals surface area (Å²) in [5.41, 5.74) is 18.8. The van der Waals surface area contributed by atoms with Gasteiger partial charge in [-0.05, 0) is 110 Å². The summed E-state index contributed by atoms with van der Waals surface area (Å²) in [5.74, 6) is 1.74. The fraction of sp³-hybridized carbons (Fsp3) is 0. The minimum Gasteiger partial charge on any atom is -0.309 e. The fourth-order valence-electron chi connectivity index (χ4n) is 10.8. The first-order valence-corrected chi connectivity index (χ1v) is 25.1. The van der Waals surface area contributed by atoms with Crippen molar-refractivity contribution >= 4 is 43.6 Å². The zero-order chi connectivity index (χ0) is 49.0. The molecule has 0 radical (unpaired) electrons. The summed E-state index contributed by atoms with van der Waals surface area (Å²) >= 11 is 0. The van der Waals surface area contributed by atoms with Crippen LogP contribution in [0.1, 0.15) is 0 Å².